The molecule has 0 saturated heterocycles. The summed E-state index contributed by atoms with van der Waals surface area (Å²) in [6.45, 7) is 9.60. The SMILES string of the molecule is CC(C)OC1=C(OC(C)C)[C@]2(C)C[C@H]3CCCC=C3[C@]2(O)C1=O. The molecule has 3 aliphatic carbocycles. The first kappa shape index (κ1) is 16.6. The smallest absolute Gasteiger partial charge is 0.237 e. The van der Waals surface area contributed by atoms with Crippen molar-refractivity contribution in [2.24, 2.45) is 11.3 Å². The van der Waals surface area contributed by atoms with Crippen LogP contribution in [0.5, 0.6) is 0 Å². The molecule has 1 saturated carbocycles. The summed E-state index contributed by atoms with van der Waals surface area (Å²) in [5, 5.41) is 11.5. The molecule has 4 nitrogen and oxygen atoms in total. The van der Waals surface area contributed by atoms with Crippen molar-refractivity contribution < 1.29 is 19.4 Å². The Morgan fingerprint density at radius 2 is 1.87 bits per heavy atom. The molecule has 23 heavy (non-hydrogen) atoms. The fraction of sp³-hybridized carbons (Fsp3) is 0.737. The van der Waals surface area contributed by atoms with Crippen molar-refractivity contribution in [3.8, 4) is 0 Å². The van der Waals surface area contributed by atoms with E-state index >= 15 is 0 Å². The molecule has 3 rings (SSSR count). The quantitative estimate of drug-likeness (QED) is 0.806. The molecule has 0 spiro atoms. The van der Waals surface area contributed by atoms with Crippen molar-refractivity contribution in [1.82, 2.24) is 0 Å². The number of carbonyl (C=O) groups is 1. The highest BCUT2D eigenvalue weighted by atomic mass is 16.5. The van der Waals surface area contributed by atoms with Gasteiger partial charge in [-0.15, -0.1) is 0 Å². The topological polar surface area (TPSA) is 55.8 Å². The fourth-order valence-electron chi connectivity index (χ4n) is 4.48. The van der Waals surface area contributed by atoms with Crippen molar-refractivity contribution in [1.29, 1.82) is 0 Å². The van der Waals surface area contributed by atoms with Crippen molar-refractivity contribution in [2.75, 3.05) is 0 Å². The summed E-state index contributed by atoms with van der Waals surface area (Å²) in [6.07, 6.45) is 5.69. The number of carbonyl (C=O) groups excluding carboxylic acids is 1. The highest BCUT2D eigenvalue weighted by Gasteiger charge is 2.71. The number of hydrogen-bond donors (Lipinski definition) is 1. The van der Waals surface area contributed by atoms with E-state index in [2.05, 4.69) is 6.08 Å². The van der Waals surface area contributed by atoms with E-state index in [1.54, 1.807) is 0 Å². The second kappa shape index (κ2) is 5.37. The molecule has 0 bridgehead atoms. The van der Waals surface area contributed by atoms with Gasteiger partial charge < -0.3 is 14.6 Å². The molecular weight excluding hydrogens is 292 g/mol. The Labute approximate surface area is 138 Å². The van der Waals surface area contributed by atoms with Gasteiger partial charge in [-0.2, -0.15) is 0 Å². The van der Waals surface area contributed by atoms with Gasteiger partial charge in [0, 0.05) is 0 Å². The van der Waals surface area contributed by atoms with E-state index in [-0.39, 0.29) is 29.7 Å². The van der Waals surface area contributed by atoms with Crippen LogP contribution in [0.1, 0.15) is 60.3 Å². The van der Waals surface area contributed by atoms with Gasteiger partial charge in [-0.25, -0.2) is 0 Å². The largest absolute Gasteiger partial charge is 0.491 e. The number of hydrogen-bond acceptors (Lipinski definition) is 4. The highest BCUT2D eigenvalue weighted by molar-refractivity contribution is 6.07. The van der Waals surface area contributed by atoms with Crippen LogP contribution in [-0.4, -0.2) is 28.7 Å². The number of ether oxygens (including phenoxy) is 2. The molecule has 0 aliphatic heterocycles. The van der Waals surface area contributed by atoms with Gasteiger partial charge in [-0.05, 0) is 71.8 Å². The Morgan fingerprint density at radius 3 is 2.48 bits per heavy atom. The third-order valence-corrected chi connectivity index (χ3v) is 5.38. The van der Waals surface area contributed by atoms with E-state index in [1.807, 2.05) is 34.6 Å². The lowest BCUT2D eigenvalue weighted by atomic mass is 9.75. The third-order valence-electron chi connectivity index (χ3n) is 5.38. The highest BCUT2D eigenvalue weighted by Crippen LogP contribution is 2.64. The van der Waals surface area contributed by atoms with Gasteiger partial charge >= 0.3 is 0 Å². The minimum Gasteiger partial charge on any atom is -0.491 e. The van der Waals surface area contributed by atoms with Gasteiger partial charge in [0.05, 0.1) is 17.6 Å². The summed E-state index contributed by atoms with van der Waals surface area (Å²) in [5.74, 6) is 0.724. The van der Waals surface area contributed by atoms with Crippen molar-refractivity contribution in [3.05, 3.63) is 23.2 Å². The van der Waals surface area contributed by atoms with Crippen LogP contribution in [0.25, 0.3) is 0 Å². The lowest BCUT2D eigenvalue weighted by Gasteiger charge is -2.34. The van der Waals surface area contributed by atoms with Gasteiger partial charge in [0.15, 0.2) is 11.4 Å². The molecule has 4 heteroatoms. The molecule has 1 fully saturated rings. The first-order chi connectivity index (χ1) is 10.7. The van der Waals surface area contributed by atoms with Crippen molar-refractivity contribution in [3.63, 3.8) is 0 Å². The van der Waals surface area contributed by atoms with Crippen LogP contribution in [0.3, 0.4) is 0 Å². The lowest BCUT2D eigenvalue weighted by Crippen LogP contribution is -2.47. The van der Waals surface area contributed by atoms with Crippen LogP contribution in [0, 0.1) is 11.3 Å². The van der Waals surface area contributed by atoms with E-state index in [4.69, 9.17) is 9.47 Å². The Bertz CT molecular complexity index is 586. The first-order valence-electron chi connectivity index (χ1n) is 8.77. The second-order valence-electron chi connectivity index (χ2n) is 7.85. The van der Waals surface area contributed by atoms with E-state index in [9.17, 15) is 9.90 Å². The standard InChI is InChI=1S/C19H28O4/c1-11(2)22-15-16(20)19(21)14-9-7-6-8-13(14)10-18(19,5)17(15)23-12(3)4/h9,11-13,21H,6-8,10H2,1-5H3/t13-,18+,19+/m1/s1. The molecular formula is C19H28O4. The predicted octanol–water partition coefficient (Wildman–Crippen LogP) is 3.50. The average Bonchev–Trinajstić information content (AvgIpc) is 2.78. The normalized spacial score (nSPS) is 36.4. The van der Waals surface area contributed by atoms with Gasteiger partial charge in [-0.3, -0.25) is 4.79 Å². The fourth-order valence-corrected chi connectivity index (χ4v) is 4.48. The van der Waals surface area contributed by atoms with Crippen LogP contribution in [0.15, 0.2) is 23.2 Å². The maximum absolute atomic E-state index is 13.1. The minimum atomic E-state index is -1.49. The summed E-state index contributed by atoms with van der Waals surface area (Å²) in [6, 6.07) is 0. The summed E-state index contributed by atoms with van der Waals surface area (Å²) in [5.41, 5.74) is -1.32. The summed E-state index contributed by atoms with van der Waals surface area (Å²) < 4.78 is 11.8. The molecule has 0 heterocycles. The molecule has 0 aromatic rings. The number of Topliss-reactive ketones (excluding diaryl/α,β-unsaturated/α-hetero) is 1. The Balaban J connectivity index is 2.13. The van der Waals surface area contributed by atoms with E-state index in [0.717, 1.165) is 31.3 Å². The molecule has 0 amide bonds. The number of allylic oxidation sites excluding steroid dienone is 1. The Hall–Kier alpha value is -1.29. The zero-order chi connectivity index (χ0) is 17.0. The van der Waals surface area contributed by atoms with Crippen LogP contribution in [0.4, 0.5) is 0 Å². The zero-order valence-electron chi connectivity index (χ0n) is 14.8. The number of aliphatic hydroxyl groups is 1. The van der Waals surface area contributed by atoms with Crippen LogP contribution >= 0.6 is 0 Å². The lowest BCUT2D eigenvalue weighted by molar-refractivity contribution is -0.137. The summed E-state index contributed by atoms with van der Waals surface area (Å²) in [4.78, 5) is 13.1. The zero-order valence-corrected chi connectivity index (χ0v) is 14.8. The maximum atomic E-state index is 13.1. The number of ketones is 1. The van der Waals surface area contributed by atoms with Crippen LogP contribution < -0.4 is 0 Å². The summed E-state index contributed by atoms with van der Waals surface area (Å²) in [7, 11) is 0. The predicted molar refractivity (Wildman–Crippen MR) is 87.6 cm³/mol. The van der Waals surface area contributed by atoms with Crippen molar-refractivity contribution >= 4 is 5.78 Å². The molecule has 0 radical (unpaired) electrons. The number of rotatable bonds is 4. The molecule has 3 aliphatic rings. The van der Waals surface area contributed by atoms with Crippen molar-refractivity contribution in [2.45, 2.75) is 78.1 Å². The van der Waals surface area contributed by atoms with E-state index in [0.29, 0.717) is 5.76 Å². The average molecular weight is 320 g/mol. The van der Waals surface area contributed by atoms with Crippen LogP contribution in [-0.2, 0) is 14.3 Å². The van der Waals surface area contributed by atoms with Gasteiger partial charge in [-0.1, -0.05) is 6.08 Å². The Morgan fingerprint density at radius 1 is 1.22 bits per heavy atom. The molecule has 1 N–H and O–H groups in total. The van der Waals surface area contributed by atoms with E-state index < -0.39 is 11.0 Å². The van der Waals surface area contributed by atoms with Gasteiger partial charge in [0.1, 0.15) is 0 Å². The molecule has 0 aromatic carbocycles. The monoisotopic (exact) mass is 320 g/mol. The summed E-state index contributed by atoms with van der Waals surface area (Å²) >= 11 is 0. The van der Waals surface area contributed by atoms with E-state index in [1.165, 1.54) is 0 Å². The van der Waals surface area contributed by atoms with Gasteiger partial charge in [0.25, 0.3) is 0 Å². The molecule has 0 aromatic heterocycles. The number of fused-ring (bicyclic) bond motifs is 3. The maximum Gasteiger partial charge on any atom is 0.237 e. The van der Waals surface area contributed by atoms with Gasteiger partial charge in [0.2, 0.25) is 11.5 Å². The second-order valence-corrected chi connectivity index (χ2v) is 7.85. The molecule has 0 unspecified atom stereocenters. The first-order valence-corrected chi connectivity index (χ1v) is 8.77. The van der Waals surface area contributed by atoms with Crippen LogP contribution in [0.2, 0.25) is 0 Å². The molecule has 128 valence electrons. The Kier molecular flexibility index (Phi) is 3.87. The third kappa shape index (κ3) is 2.18. The minimum absolute atomic E-state index is 0.0701. The molecule has 3 atom stereocenters.